The minimum atomic E-state index is -1.01. The van der Waals surface area contributed by atoms with E-state index in [2.05, 4.69) is 5.32 Å². The van der Waals surface area contributed by atoms with Crippen LogP contribution in [0.3, 0.4) is 0 Å². The van der Waals surface area contributed by atoms with Gasteiger partial charge in [0.2, 0.25) is 5.91 Å². The summed E-state index contributed by atoms with van der Waals surface area (Å²) in [6.45, 7) is 4.29. The van der Waals surface area contributed by atoms with Crippen LogP contribution in [0.5, 0.6) is 0 Å². The highest BCUT2D eigenvalue weighted by molar-refractivity contribution is 5.88. The Labute approximate surface area is 164 Å². The number of esters is 1. The molecule has 0 spiro atoms. The van der Waals surface area contributed by atoms with E-state index in [0.29, 0.717) is 26.0 Å². The van der Waals surface area contributed by atoms with E-state index >= 15 is 0 Å². The molecule has 0 aliphatic carbocycles. The van der Waals surface area contributed by atoms with Gasteiger partial charge in [0.05, 0.1) is 25.9 Å². The number of aliphatic carboxylic acids is 1. The van der Waals surface area contributed by atoms with Crippen LogP contribution >= 0.6 is 0 Å². The van der Waals surface area contributed by atoms with Crippen LogP contribution in [-0.2, 0) is 30.5 Å². The minimum absolute atomic E-state index is 0.0354. The molecule has 0 radical (unpaired) electrons. The predicted octanol–water partition coefficient (Wildman–Crippen LogP) is 1.19. The van der Waals surface area contributed by atoms with Gasteiger partial charge in [-0.3, -0.25) is 14.9 Å². The minimum Gasteiger partial charge on any atom is -0.480 e. The number of likely N-dealkylation sites (tertiary alicyclic amines) is 1. The van der Waals surface area contributed by atoms with Crippen molar-refractivity contribution in [3.63, 3.8) is 0 Å². The summed E-state index contributed by atoms with van der Waals surface area (Å²) in [6, 6.07) is 7.15. The maximum Gasteiger partial charge on any atom is 0.326 e. The Morgan fingerprint density at radius 1 is 1.29 bits per heavy atom. The van der Waals surface area contributed by atoms with Gasteiger partial charge in [0.25, 0.3) is 0 Å². The van der Waals surface area contributed by atoms with E-state index in [9.17, 15) is 19.5 Å². The van der Waals surface area contributed by atoms with Gasteiger partial charge in [-0.1, -0.05) is 30.3 Å². The fourth-order valence-electron chi connectivity index (χ4n) is 3.20. The lowest BCUT2D eigenvalue weighted by atomic mass is 10.2. The summed E-state index contributed by atoms with van der Waals surface area (Å²) in [5, 5.41) is 12.2. The monoisotopic (exact) mass is 392 g/mol. The van der Waals surface area contributed by atoms with Crippen molar-refractivity contribution in [2.24, 2.45) is 0 Å². The summed E-state index contributed by atoms with van der Waals surface area (Å²) in [7, 11) is 0. The van der Waals surface area contributed by atoms with Crippen LogP contribution < -0.4 is 5.32 Å². The zero-order chi connectivity index (χ0) is 20.5. The number of ether oxygens (including phenoxy) is 2. The molecule has 8 nitrogen and oxygen atoms in total. The molecular weight excluding hydrogens is 364 g/mol. The summed E-state index contributed by atoms with van der Waals surface area (Å²) < 4.78 is 10.7. The third kappa shape index (κ3) is 6.03. The first-order chi connectivity index (χ1) is 13.4. The smallest absolute Gasteiger partial charge is 0.326 e. The molecule has 1 aromatic carbocycles. The maximum absolute atomic E-state index is 12.7. The highest BCUT2D eigenvalue weighted by Crippen LogP contribution is 2.18. The van der Waals surface area contributed by atoms with Gasteiger partial charge >= 0.3 is 11.9 Å². The Bertz CT molecular complexity index is 666. The predicted molar refractivity (Wildman–Crippen MR) is 101 cm³/mol. The van der Waals surface area contributed by atoms with Crippen LogP contribution in [0.15, 0.2) is 30.3 Å². The van der Waals surface area contributed by atoms with Gasteiger partial charge < -0.3 is 19.5 Å². The number of carboxylic acid groups (broad SMARTS) is 1. The Morgan fingerprint density at radius 3 is 2.64 bits per heavy atom. The van der Waals surface area contributed by atoms with Gasteiger partial charge in [-0.25, -0.2) is 4.79 Å². The normalized spacial score (nSPS) is 18.5. The molecule has 2 N–H and O–H groups in total. The largest absolute Gasteiger partial charge is 0.480 e. The molecule has 3 atom stereocenters. The van der Waals surface area contributed by atoms with E-state index in [0.717, 1.165) is 5.56 Å². The molecule has 1 heterocycles. The number of rotatable bonds is 10. The highest BCUT2D eigenvalue weighted by Gasteiger charge is 2.37. The molecule has 1 aromatic rings. The lowest BCUT2D eigenvalue weighted by molar-refractivity contribution is -0.151. The zero-order valence-corrected chi connectivity index (χ0v) is 16.3. The van der Waals surface area contributed by atoms with Gasteiger partial charge in [-0.15, -0.1) is 0 Å². The molecule has 1 fully saturated rings. The molecule has 28 heavy (non-hydrogen) atoms. The van der Waals surface area contributed by atoms with E-state index in [-0.39, 0.29) is 19.1 Å². The molecule has 154 valence electrons. The second kappa shape index (κ2) is 10.8. The van der Waals surface area contributed by atoms with Crippen LogP contribution in [0, 0.1) is 0 Å². The maximum atomic E-state index is 12.7. The fraction of sp³-hybridized carbons (Fsp3) is 0.550. The first-order valence-corrected chi connectivity index (χ1v) is 9.51. The molecule has 1 aliphatic heterocycles. The van der Waals surface area contributed by atoms with Crippen molar-refractivity contribution in [3.8, 4) is 0 Å². The number of carboxylic acids is 1. The van der Waals surface area contributed by atoms with E-state index < -0.39 is 30.1 Å². The van der Waals surface area contributed by atoms with Crippen molar-refractivity contribution in [1.29, 1.82) is 0 Å². The van der Waals surface area contributed by atoms with Crippen molar-refractivity contribution in [3.05, 3.63) is 35.9 Å². The van der Waals surface area contributed by atoms with E-state index in [4.69, 9.17) is 9.47 Å². The molecule has 0 saturated carbocycles. The third-order valence-electron chi connectivity index (χ3n) is 4.61. The summed E-state index contributed by atoms with van der Waals surface area (Å²) in [6.07, 6.45) is 1.09. The molecule has 0 aromatic heterocycles. The number of nitrogens with zero attached hydrogens (tertiary/aromatic N) is 1. The van der Waals surface area contributed by atoms with Crippen LogP contribution in [0.1, 0.15) is 32.3 Å². The Morgan fingerprint density at radius 2 is 2.00 bits per heavy atom. The molecule has 0 bridgehead atoms. The first kappa shape index (κ1) is 21.8. The lowest BCUT2D eigenvalue weighted by Crippen LogP contribution is -2.54. The Hall–Kier alpha value is -2.45. The molecule has 1 amide bonds. The van der Waals surface area contributed by atoms with Crippen molar-refractivity contribution in [1.82, 2.24) is 10.2 Å². The van der Waals surface area contributed by atoms with Crippen molar-refractivity contribution in [2.45, 2.75) is 51.4 Å². The molecule has 2 rings (SSSR count). The zero-order valence-electron chi connectivity index (χ0n) is 16.3. The number of nitrogens with one attached hydrogen (secondary N) is 1. The summed E-state index contributed by atoms with van der Waals surface area (Å²) in [5.41, 5.74) is 0.968. The van der Waals surface area contributed by atoms with Crippen LogP contribution in [0.2, 0.25) is 0 Å². The van der Waals surface area contributed by atoms with Crippen molar-refractivity contribution in [2.75, 3.05) is 19.8 Å². The lowest BCUT2D eigenvalue weighted by Gasteiger charge is -2.27. The molecule has 1 saturated heterocycles. The standard InChI is InChI=1S/C20H28N2O6/c1-3-28-20(26)16(13-27-12-15-8-5-4-6-9-15)21-14(2)18(23)22-11-7-10-17(22)19(24)25/h4-6,8-9,14,16-17,21H,3,7,10-13H2,1-2H3,(H,24,25)/t14-,16-,17+/m0/s1. The average molecular weight is 392 g/mol. The third-order valence-corrected chi connectivity index (χ3v) is 4.61. The topological polar surface area (TPSA) is 105 Å². The molecule has 0 unspecified atom stereocenters. The van der Waals surface area contributed by atoms with Crippen LogP contribution in [-0.4, -0.2) is 65.7 Å². The fourth-order valence-corrected chi connectivity index (χ4v) is 3.20. The van der Waals surface area contributed by atoms with Gasteiger partial charge in [0, 0.05) is 6.54 Å². The quantitative estimate of drug-likeness (QED) is 0.576. The molecule has 1 aliphatic rings. The summed E-state index contributed by atoms with van der Waals surface area (Å²) in [5.74, 6) is -1.86. The summed E-state index contributed by atoms with van der Waals surface area (Å²) in [4.78, 5) is 37.6. The van der Waals surface area contributed by atoms with Gasteiger partial charge in [0.1, 0.15) is 12.1 Å². The number of carbonyl (C=O) groups is 3. The van der Waals surface area contributed by atoms with E-state index in [1.807, 2.05) is 30.3 Å². The van der Waals surface area contributed by atoms with Crippen molar-refractivity contribution >= 4 is 17.8 Å². The highest BCUT2D eigenvalue weighted by atomic mass is 16.5. The second-order valence-corrected chi connectivity index (χ2v) is 6.72. The van der Waals surface area contributed by atoms with E-state index in [1.165, 1.54) is 4.90 Å². The van der Waals surface area contributed by atoms with Gasteiger partial charge in [-0.2, -0.15) is 0 Å². The van der Waals surface area contributed by atoms with Crippen LogP contribution in [0.4, 0.5) is 0 Å². The average Bonchev–Trinajstić information content (AvgIpc) is 3.17. The number of carbonyl (C=O) groups excluding carboxylic acids is 2. The number of amides is 1. The molecular formula is C20H28N2O6. The van der Waals surface area contributed by atoms with Gasteiger partial charge in [-0.05, 0) is 32.3 Å². The second-order valence-electron chi connectivity index (χ2n) is 6.72. The summed E-state index contributed by atoms with van der Waals surface area (Å²) >= 11 is 0. The van der Waals surface area contributed by atoms with E-state index in [1.54, 1.807) is 13.8 Å². The van der Waals surface area contributed by atoms with Gasteiger partial charge in [0.15, 0.2) is 0 Å². The number of benzene rings is 1. The van der Waals surface area contributed by atoms with Crippen LogP contribution in [0.25, 0.3) is 0 Å². The van der Waals surface area contributed by atoms with Crippen molar-refractivity contribution < 1.29 is 29.0 Å². The number of hydrogen-bond acceptors (Lipinski definition) is 6. The Balaban J connectivity index is 1.95. The molecule has 8 heteroatoms. The Kier molecular flexibility index (Phi) is 8.41. The SMILES string of the molecule is CCOC(=O)[C@H](COCc1ccccc1)N[C@@H](C)C(=O)N1CCC[C@@H]1C(=O)O. The first-order valence-electron chi connectivity index (χ1n) is 9.51. The number of hydrogen-bond donors (Lipinski definition) is 2.